The fourth-order valence-electron chi connectivity index (χ4n) is 5.56. The first kappa shape index (κ1) is 28.1. The number of carbonyl (C=O) groups is 2. The van der Waals surface area contributed by atoms with E-state index in [9.17, 15) is 18.4 Å². The average molecular weight is 557 g/mol. The lowest BCUT2D eigenvalue weighted by Crippen LogP contribution is -2.45. The maximum Gasteiger partial charge on any atom is 0.387 e. The number of anilines is 1. The van der Waals surface area contributed by atoms with E-state index in [-0.39, 0.29) is 46.8 Å². The predicted octanol–water partition coefficient (Wildman–Crippen LogP) is 5.59. The molecule has 2 aliphatic carbocycles. The largest absolute Gasteiger partial charge is 0.489 e. The minimum absolute atomic E-state index is 0.0104. The van der Waals surface area contributed by atoms with Gasteiger partial charge < -0.3 is 24.6 Å². The SMILES string of the molecule is CN(C(=O)c1cccc(C(=O)N2CCC[C@H](Nc3ccc(OC(F)F)c(OCC4CC4)c3)C2)n1)C1CCCCC1. The second-order valence-electron chi connectivity index (χ2n) is 11.1. The number of pyridine rings is 1. The Balaban J connectivity index is 1.22. The quantitative estimate of drug-likeness (QED) is 0.411. The number of aromatic nitrogens is 1. The molecule has 2 aromatic rings. The molecule has 1 aromatic carbocycles. The molecule has 0 bridgehead atoms. The minimum Gasteiger partial charge on any atom is -0.489 e. The van der Waals surface area contributed by atoms with Crippen molar-refractivity contribution in [1.29, 1.82) is 0 Å². The molecule has 1 N–H and O–H groups in total. The summed E-state index contributed by atoms with van der Waals surface area (Å²) in [6, 6.07) is 10.1. The van der Waals surface area contributed by atoms with Crippen molar-refractivity contribution in [2.24, 2.45) is 5.92 Å². The molecule has 0 radical (unpaired) electrons. The number of hydrogen-bond donors (Lipinski definition) is 1. The van der Waals surface area contributed by atoms with E-state index in [1.165, 1.54) is 12.5 Å². The topological polar surface area (TPSA) is 84.0 Å². The highest BCUT2D eigenvalue weighted by Gasteiger charge is 2.28. The molecule has 1 atom stereocenters. The van der Waals surface area contributed by atoms with Gasteiger partial charge >= 0.3 is 6.61 Å². The van der Waals surface area contributed by atoms with Crippen molar-refractivity contribution in [3.63, 3.8) is 0 Å². The van der Waals surface area contributed by atoms with Gasteiger partial charge in [0.2, 0.25) is 0 Å². The Bertz CT molecular complexity index is 1190. The first-order valence-corrected chi connectivity index (χ1v) is 14.4. The molecule has 3 aliphatic rings. The normalized spacial score (nSPS) is 19.8. The number of hydrogen-bond acceptors (Lipinski definition) is 6. The molecule has 2 heterocycles. The fourth-order valence-corrected chi connectivity index (χ4v) is 5.56. The van der Waals surface area contributed by atoms with Crippen LogP contribution in [-0.4, -0.2) is 72.0 Å². The van der Waals surface area contributed by atoms with Crippen LogP contribution >= 0.6 is 0 Å². The van der Waals surface area contributed by atoms with Crippen LogP contribution in [0.15, 0.2) is 36.4 Å². The van der Waals surface area contributed by atoms with E-state index in [1.807, 2.05) is 7.05 Å². The van der Waals surface area contributed by atoms with Crippen LogP contribution in [0.3, 0.4) is 0 Å². The summed E-state index contributed by atoms with van der Waals surface area (Å²) in [5.41, 5.74) is 1.26. The van der Waals surface area contributed by atoms with Gasteiger partial charge in [-0.3, -0.25) is 9.59 Å². The van der Waals surface area contributed by atoms with Gasteiger partial charge in [-0.15, -0.1) is 0 Å². The highest BCUT2D eigenvalue weighted by atomic mass is 19.3. The number of likely N-dealkylation sites (tertiary alicyclic amines) is 1. The van der Waals surface area contributed by atoms with E-state index in [2.05, 4.69) is 15.0 Å². The molecule has 8 nitrogen and oxygen atoms in total. The number of alkyl halides is 2. The zero-order chi connectivity index (χ0) is 28.1. The minimum atomic E-state index is -2.94. The third-order valence-corrected chi connectivity index (χ3v) is 8.04. The van der Waals surface area contributed by atoms with E-state index in [4.69, 9.17) is 4.74 Å². The van der Waals surface area contributed by atoms with Gasteiger partial charge in [0.25, 0.3) is 11.8 Å². The zero-order valence-electron chi connectivity index (χ0n) is 23.0. The summed E-state index contributed by atoms with van der Waals surface area (Å²) in [4.78, 5) is 34.5. The van der Waals surface area contributed by atoms with Crippen LogP contribution in [0.5, 0.6) is 11.5 Å². The molecule has 3 fully saturated rings. The van der Waals surface area contributed by atoms with Crippen molar-refractivity contribution in [2.75, 3.05) is 32.1 Å². The van der Waals surface area contributed by atoms with Crippen molar-refractivity contribution >= 4 is 17.5 Å². The standard InChI is InChI=1S/C30H38F2N4O4/c1-35(23-8-3-2-4-9-23)28(37)24-10-5-11-25(34-24)29(38)36-16-6-7-22(18-36)33-21-14-15-26(40-30(31)32)27(17-21)39-19-20-12-13-20/h5,10-11,14-15,17,20,22-23,30,33H,2-4,6-9,12-13,16,18-19H2,1H3/t22-/m0/s1. The Hall–Kier alpha value is -3.43. The number of carbonyl (C=O) groups excluding carboxylic acids is 2. The van der Waals surface area contributed by atoms with Gasteiger partial charge in [0.1, 0.15) is 11.4 Å². The molecule has 40 heavy (non-hydrogen) atoms. The van der Waals surface area contributed by atoms with Crippen LogP contribution in [-0.2, 0) is 0 Å². The number of halogens is 2. The highest BCUT2D eigenvalue weighted by Crippen LogP contribution is 2.35. The summed E-state index contributed by atoms with van der Waals surface area (Å²) >= 11 is 0. The molecule has 216 valence electrons. The Morgan fingerprint density at radius 2 is 1.80 bits per heavy atom. The molecular formula is C30H38F2N4O4. The number of benzene rings is 1. The number of ether oxygens (including phenoxy) is 2. The molecule has 5 rings (SSSR count). The third-order valence-electron chi connectivity index (χ3n) is 8.04. The van der Waals surface area contributed by atoms with Crippen LogP contribution < -0.4 is 14.8 Å². The Kier molecular flexibility index (Phi) is 9.01. The third kappa shape index (κ3) is 7.20. The second kappa shape index (κ2) is 12.8. The number of nitrogens with zero attached hydrogens (tertiary/aromatic N) is 3. The van der Waals surface area contributed by atoms with Crippen LogP contribution in [0.1, 0.15) is 78.8 Å². The monoisotopic (exact) mass is 556 g/mol. The molecule has 1 aromatic heterocycles. The van der Waals surface area contributed by atoms with Crippen LogP contribution in [0.4, 0.5) is 14.5 Å². The number of amides is 2. The first-order chi connectivity index (χ1) is 19.4. The summed E-state index contributed by atoms with van der Waals surface area (Å²) in [5, 5.41) is 3.42. The van der Waals surface area contributed by atoms with Crippen molar-refractivity contribution in [2.45, 2.75) is 76.5 Å². The maximum absolute atomic E-state index is 13.4. The van der Waals surface area contributed by atoms with E-state index < -0.39 is 6.61 Å². The van der Waals surface area contributed by atoms with Gasteiger partial charge in [0.05, 0.1) is 6.61 Å². The van der Waals surface area contributed by atoms with Crippen LogP contribution in [0.25, 0.3) is 0 Å². The average Bonchev–Trinajstić information content (AvgIpc) is 3.81. The summed E-state index contributed by atoms with van der Waals surface area (Å²) in [5.74, 6) is 0.388. The first-order valence-electron chi connectivity index (χ1n) is 14.4. The predicted molar refractivity (Wildman–Crippen MR) is 147 cm³/mol. The molecule has 2 amide bonds. The Morgan fingerprint density at radius 1 is 1.02 bits per heavy atom. The van der Waals surface area contributed by atoms with Crippen molar-refractivity contribution in [1.82, 2.24) is 14.8 Å². The van der Waals surface area contributed by atoms with Gasteiger partial charge in [-0.25, -0.2) is 4.98 Å². The van der Waals surface area contributed by atoms with E-state index in [1.54, 1.807) is 40.1 Å². The van der Waals surface area contributed by atoms with Gasteiger partial charge in [-0.2, -0.15) is 8.78 Å². The molecule has 0 unspecified atom stereocenters. The summed E-state index contributed by atoms with van der Waals surface area (Å²) in [6.45, 7) is -1.42. The molecule has 10 heteroatoms. The van der Waals surface area contributed by atoms with Gasteiger partial charge in [0, 0.05) is 44.0 Å². The van der Waals surface area contributed by atoms with Gasteiger partial charge in [-0.05, 0) is 68.7 Å². The lowest BCUT2D eigenvalue weighted by atomic mass is 9.94. The maximum atomic E-state index is 13.4. The lowest BCUT2D eigenvalue weighted by Gasteiger charge is -2.34. The highest BCUT2D eigenvalue weighted by molar-refractivity contribution is 5.96. The number of rotatable bonds is 10. The Morgan fingerprint density at radius 3 is 2.55 bits per heavy atom. The van der Waals surface area contributed by atoms with Gasteiger partial charge in [-0.1, -0.05) is 25.3 Å². The lowest BCUT2D eigenvalue weighted by molar-refractivity contribution is -0.0515. The van der Waals surface area contributed by atoms with Crippen molar-refractivity contribution in [3.05, 3.63) is 47.8 Å². The summed E-state index contributed by atoms with van der Waals surface area (Å²) in [6.07, 6.45) is 9.26. The molecular weight excluding hydrogens is 518 g/mol. The summed E-state index contributed by atoms with van der Waals surface area (Å²) < 4.78 is 36.2. The summed E-state index contributed by atoms with van der Waals surface area (Å²) in [7, 11) is 1.82. The fraction of sp³-hybridized carbons (Fsp3) is 0.567. The van der Waals surface area contributed by atoms with Crippen LogP contribution in [0, 0.1) is 5.92 Å². The molecule has 2 saturated carbocycles. The molecule has 1 aliphatic heterocycles. The molecule has 0 spiro atoms. The van der Waals surface area contributed by atoms with Crippen molar-refractivity contribution < 1.29 is 27.8 Å². The van der Waals surface area contributed by atoms with Crippen molar-refractivity contribution in [3.8, 4) is 11.5 Å². The van der Waals surface area contributed by atoms with Crippen LogP contribution in [0.2, 0.25) is 0 Å². The molecule has 1 saturated heterocycles. The van der Waals surface area contributed by atoms with E-state index >= 15 is 0 Å². The van der Waals surface area contributed by atoms with E-state index in [0.29, 0.717) is 31.3 Å². The van der Waals surface area contributed by atoms with E-state index in [0.717, 1.165) is 51.4 Å². The number of piperidine rings is 1. The Labute approximate surface area is 234 Å². The van der Waals surface area contributed by atoms with Gasteiger partial charge in [0.15, 0.2) is 11.5 Å². The second-order valence-corrected chi connectivity index (χ2v) is 11.1. The smallest absolute Gasteiger partial charge is 0.387 e. The zero-order valence-corrected chi connectivity index (χ0v) is 23.0. The number of nitrogens with one attached hydrogen (secondary N) is 1.